The highest BCUT2D eigenvalue weighted by atomic mass is 35.5. The molecular weight excluding hydrogens is 731 g/mol. The van der Waals surface area contributed by atoms with Gasteiger partial charge in [-0.1, -0.05) is 53.5 Å². The molecule has 278 valence electrons. The number of sulfone groups is 1. The number of piperidine rings is 1. The van der Waals surface area contributed by atoms with Crippen molar-refractivity contribution >= 4 is 50.0 Å². The van der Waals surface area contributed by atoms with Crippen LogP contribution in [0.4, 0.5) is 0 Å². The van der Waals surface area contributed by atoms with Gasteiger partial charge in [0.05, 0.1) is 40.0 Å². The van der Waals surface area contributed by atoms with Crippen LogP contribution >= 0.6 is 23.2 Å². The van der Waals surface area contributed by atoms with E-state index in [1.807, 2.05) is 65.0 Å². The number of rotatable bonds is 10. The normalized spacial score (nSPS) is 16.7. The van der Waals surface area contributed by atoms with Crippen LogP contribution in [0.3, 0.4) is 0 Å². The summed E-state index contributed by atoms with van der Waals surface area (Å²) < 4.78 is 31.5. The summed E-state index contributed by atoms with van der Waals surface area (Å²) >= 11 is 14.3. The average molecular weight is 776 g/mol. The number of nitrogens with one attached hydrogen (secondary N) is 2. The van der Waals surface area contributed by atoms with E-state index in [0.717, 1.165) is 81.8 Å². The van der Waals surface area contributed by atoms with Crippen LogP contribution in [0.15, 0.2) is 67.0 Å². The number of halogens is 2. The van der Waals surface area contributed by atoms with Gasteiger partial charge in [0.15, 0.2) is 0 Å². The third-order valence-electron chi connectivity index (χ3n) is 10.6. The number of aromatic nitrogens is 3. The number of carbonyl (C=O) groups excluding carboxylic acids is 1. The van der Waals surface area contributed by atoms with E-state index in [1.54, 1.807) is 20.2 Å². The Morgan fingerprint density at radius 3 is 2.28 bits per heavy atom. The van der Waals surface area contributed by atoms with E-state index in [9.17, 15) is 13.2 Å². The van der Waals surface area contributed by atoms with E-state index in [1.165, 1.54) is 0 Å². The Labute approximate surface area is 320 Å². The number of aryl methyl sites for hydroxylation is 1. The zero-order valence-corrected chi connectivity index (χ0v) is 32.5. The summed E-state index contributed by atoms with van der Waals surface area (Å²) in [5.41, 5.74) is 7.49. The average Bonchev–Trinajstić information content (AvgIpc) is 3.48. The second-order valence-electron chi connectivity index (χ2n) is 14.0. The highest BCUT2D eigenvalue weighted by Gasteiger charge is 2.24. The molecule has 2 N–H and O–H groups in total. The number of benzene rings is 2. The molecule has 0 saturated carbocycles. The topological polar surface area (TPSA) is 118 Å². The molecule has 0 bridgehead atoms. The van der Waals surface area contributed by atoms with E-state index in [2.05, 4.69) is 27.9 Å². The van der Waals surface area contributed by atoms with Gasteiger partial charge >= 0.3 is 0 Å². The zero-order valence-electron chi connectivity index (χ0n) is 30.2. The Balaban J connectivity index is 1.10. The maximum absolute atomic E-state index is 11.9. The van der Waals surface area contributed by atoms with E-state index >= 15 is 0 Å². The summed E-state index contributed by atoms with van der Waals surface area (Å²) in [6.07, 6.45) is 6.93. The standard InChI is InChI=1S/C40H44Cl2N6O4S/c1-25(49)48-17-12-29(13-18-48)44-22-27-8-7-26(21-36(27)52-3)39-38(42)33(11-16-43-39)32-5-4-6-34(37(32)41)35-10-9-31-28(24-47(2)40(31)46-35)23-45-30-14-19-53(50,51)20-15-30/h4-11,16,21,24,29-30,44-45H,12-15,17-20,22-23H2,1-3H3. The summed E-state index contributed by atoms with van der Waals surface area (Å²) in [4.78, 5) is 23.3. The molecule has 0 aliphatic carbocycles. The monoisotopic (exact) mass is 774 g/mol. The largest absolute Gasteiger partial charge is 0.496 e. The van der Waals surface area contributed by atoms with Crippen molar-refractivity contribution in [2.45, 2.75) is 57.8 Å². The predicted octanol–water partition coefficient (Wildman–Crippen LogP) is 7.05. The molecule has 13 heteroatoms. The maximum Gasteiger partial charge on any atom is 0.219 e. The molecule has 0 atom stereocenters. The number of likely N-dealkylation sites (tertiary alicyclic amines) is 1. The van der Waals surface area contributed by atoms with Crippen molar-refractivity contribution in [3.63, 3.8) is 0 Å². The number of ether oxygens (including phenoxy) is 1. The third kappa shape index (κ3) is 8.10. The molecule has 1 amide bonds. The minimum atomic E-state index is -2.90. The fourth-order valence-electron chi connectivity index (χ4n) is 7.45. The maximum atomic E-state index is 11.9. The van der Waals surface area contributed by atoms with Crippen molar-refractivity contribution in [2.75, 3.05) is 31.7 Å². The van der Waals surface area contributed by atoms with Crippen LogP contribution in [0.25, 0.3) is 44.7 Å². The Hall–Kier alpha value is -4.00. The van der Waals surface area contributed by atoms with Gasteiger partial charge in [-0.25, -0.2) is 13.4 Å². The van der Waals surface area contributed by atoms with Crippen LogP contribution in [-0.2, 0) is 34.8 Å². The van der Waals surface area contributed by atoms with Crippen LogP contribution in [0, 0.1) is 0 Å². The molecule has 0 spiro atoms. The van der Waals surface area contributed by atoms with Crippen molar-refractivity contribution in [2.24, 2.45) is 7.05 Å². The molecule has 53 heavy (non-hydrogen) atoms. The minimum Gasteiger partial charge on any atom is -0.496 e. The van der Waals surface area contributed by atoms with Crippen LogP contribution in [-0.4, -0.2) is 77.5 Å². The fourth-order valence-corrected chi connectivity index (χ4v) is 9.59. The van der Waals surface area contributed by atoms with Gasteiger partial charge in [0.25, 0.3) is 0 Å². The SMILES string of the molecule is COc1cc(-c2nccc(-c3cccc(-c4ccc5c(CNC6CCS(=O)(=O)CC6)cn(C)c5n4)c3Cl)c2Cl)ccc1CNC1CCN(C(C)=O)CC1. The smallest absolute Gasteiger partial charge is 0.219 e. The van der Waals surface area contributed by atoms with Crippen molar-refractivity contribution in [3.05, 3.63) is 88.2 Å². The number of amides is 1. The predicted molar refractivity (Wildman–Crippen MR) is 212 cm³/mol. The van der Waals surface area contributed by atoms with Gasteiger partial charge < -0.3 is 24.8 Å². The first-order valence-corrected chi connectivity index (χ1v) is 20.6. The van der Waals surface area contributed by atoms with Crippen LogP contribution in [0.2, 0.25) is 10.0 Å². The first-order valence-electron chi connectivity index (χ1n) is 18.0. The Bertz CT molecular complexity index is 2260. The van der Waals surface area contributed by atoms with Gasteiger partial charge in [-0.3, -0.25) is 9.78 Å². The summed E-state index contributed by atoms with van der Waals surface area (Å²) in [5, 5.41) is 9.24. The van der Waals surface area contributed by atoms with Crippen molar-refractivity contribution in [1.29, 1.82) is 0 Å². The lowest BCUT2D eigenvalue weighted by Gasteiger charge is -2.32. The number of carbonyl (C=O) groups is 1. The zero-order chi connectivity index (χ0) is 37.3. The van der Waals surface area contributed by atoms with Gasteiger partial charge in [-0.05, 0) is 55.5 Å². The molecule has 0 radical (unpaired) electrons. The second-order valence-corrected chi connectivity index (χ2v) is 17.1. The molecule has 2 fully saturated rings. The number of fused-ring (bicyclic) bond motifs is 1. The van der Waals surface area contributed by atoms with Gasteiger partial charge in [0, 0.05) is 97.8 Å². The Kier molecular flexibility index (Phi) is 11.1. The lowest BCUT2D eigenvalue weighted by atomic mass is 9.99. The molecule has 3 aromatic heterocycles. The molecule has 5 aromatic rings. The van der Waals surface area contributed by atoms with E-state index < -0.39 is 9.84 Å². The van der Waals surface area contributed by atoms with E-state index in [-0.39, 0.29) is 23.5 Å². The molecular formula is C40H44Cl2N6O4S. The number of hydrogen-bond acceptors (Lipinski definition) is 8. The second kappa shape index (κ2) is 15.8. The number of nitrogens with zero attached hydrogens (tertiary/aromatic N) is 4. The summed E-state index contributed by atoms with van der Waals surface area (Å²) in [6.45, 7) is 4.45. The van der Waals surface area contributed by atoms with Crippen LogP contribution in [0.1, 0.15) is 43.7 Å². The summed E-state index contributed by atoms with van der Waals surface area (Å²) in [6, 6.07) is 18.3. The molecule has 2 saturated heterocycles. The summed E-state index contributed by atoms with van der Waals surface area (Å²) in [7, 11) is 0.737. The van der Waals surface area contributed by atoms with Gasteiger partial charge in [0.1, 0.15) is 21.2 Å². The highest BCUT2D eigenvalue weighted by Crippen LogP contribution is 2.42. The van der Waals surface area contributed by atoms with Gasteiger partial charge in [-0.15, -0.1) is 0 Å². The lowest BCUT2D eigenvalue weighted by molar-refractivity contribution is -0.129. The molecule has 2 aliphatic heterocycles. The minimum absolute atomic E-state index is 0.132. The molecule has 2 aromatic carbocycles. The fraction of sp³-hybridized carbons (Fsp3) is 0.375. The lowest BCUT2D eigenvalue weighted by Crippen LogP contribution is -2.43. The van der Waals surface area contributed by atoms with Gasteiger partial charge in [-0.2, -0.15) is 0 Å². The molecule has 0 unspecified atom stereocenters. The molecule has 7 rings (SSSR count). The number of pyridine rings is 2. The first kappa shape index (κ1) is 37.3. The quantitative estimate of drug-likeness (QED) is 0.155. The highest BCUT2D eigenvalue weighted by molar-refractivity contribution is 7.91. The number of hydrogen-bond donors (Lipinski definition) is 2. The third-order valence-corrected chi connectivity index (χ3v) is 13.1. The van der Waals surface area contributed by atoms with Crippen molar-refractivity contribution in [1.82, 2.24) is 30.1 Å². The molecule has 5 heterocycles. The van der Waals surface area contributed by atoms with E-state index in [4.69, 9.17) is 32.9 Å². The van der Waals surface area contributed by atoms with E-state index in [0.29, 0.717) is 47.7 Å². The number of methoxy groups -OCH3 is 1. The summed E-state index contributed by atoms with van der Waals surface area (Å²) in [5.74, 6) is 1.35. The molecule has 2 aliphatic rings. The first-order chi connectivity index (χ1) is 25.5. The van der Waals surface area contributed by atoms with Crippen molar-refractivity contribution in [3.8, 4) is 39.4 Å². The molecule has 10 nitrogen and oxygen atoms in total. The van der Waals surface area contributed by atoms with Crippen LogP contribution < -0.4 is 15.4 Å². The van der Waals surface area contributed by atoms with Crippen LogP contribution in [0.5, 0.6) is 5.75 Å². The van der Waals surface area contributed by atoms with Gasteiger partial charge in [0.2, 0.25) is 5.91 Å². The Morgan fingerprint density at radius 2 is 1.57 bits per heavy atom. The Morgan fingerprint density at radius 1 is 0.887 bits per heavy atom. The van der Waals surface area contributed by atoms with Crippen molar-refractivity contribution < 1.29 is 17.9 Å².